The Morgan fingerprint density at radius 2 is 2.06 bits per heavy atom. The molecule has 1 saturated heterocycles. The maximum Gasteiger partial charge on any atom is 0.375 e. The predicted molar refractivity (Wildman–Crippen MR) is 122 cm³/mol. The first-order valence-corrected chi connectivity index (χ1v) is 12.3. The number of carboxylic acid groups (broad SMARTS) is 2. The van der Waals surface area contributed by atoms with Crippen LogP contribution in [0.1, 0.15) is 36.4 Å². The van der Waals surface area contributed by atoms with Crippen molar-refractivity contribution in [2.45, 2.75) is 38.3 Å². The number of aromatic carboxylic acids is 1. The summed E-state index contributed by atoms with van der Waals surface area (Å²) in [5.41, 5.74) is 0.357. The minimum Gasteiger partial charge on any atom is -0.479 e. The van der Waals surface area contributed by atoms with Crippen LogP contribution in [0, 0.1) is 0 Å². The lowest BCUT2D eigenvalue weighted by atomic mass is 9.89. The number of aliphatic carboxylic acids is 1. The van der Waals surface area contributed by atoms with Crippen molar-refractivity contribution >= 4 is 51.0 Å². The van der Waals surface area contributed by atoms with Crippen molar-refractivity contribution in [3.05, 3.63) is 34.2 Å². The fourth-order valence-corrected chi connectivity index (χ4v) is 6.27. The highest BCUT2D eigenvalue weighted by molar-refractivity contribution is 7.84. The summed E-state index contributed by atoms with van der Waals surface area (Å²) < 4.78 is 42.3. The molecule has 1 unspecified atom stereocenters. The number of rotatable bonds is 8. The van der Waals surface area contributed by atoms with E-state index in [0.29, 0.717) is 29.0 Å². The molecule has 13 heteroatoms. The van der Waals surface area contributed by atoms with E-state index in [1.54, 1.807) is 38.1 Å². The number of benzene rings is 1. The van der Waals surface area contributed by atoms with Crippen molar-refractivity contribution in [3.63, 3.8) is 0 Å². The van der Waals surface area contributed by atoms with Gasteiger partial charge in [-0.05, 0) is 44.4 Å². The first-order chi connectivity index (χ1) is 15.3. The van der Waals surface area contributed by atoms with Crippen LogP contribution in [0.2, 0.25) is 5.02 Å². The summed E-state index contributed by atoms with van der Waals surface area (Å²) in [5, 5.41) is 21.6. The van der Waals surface area contributed by atoms with Gasteiger partial charge in [-0.15, -0.1) is 11.3 Å². The number of halogens is 2. The summed E-state index contributed by atoms with van der Waals surface area (Å²) in [6, 6.07) is 6.86. The number of carboxylic acids is 2. The zero-order valence-electron chi connectivity index (χ0n) is 17.7. The third kappa shape index (κ3) is 5.75. The van der Waals surface area contributed by atoms with Crippen molar-refractivity contribution in [2.75, 3.05) is 18.5 Å². The van der Waals surface area contributed by atoms with E-state index in [-0.39, 0.29) is 28.2 Å². The van der Waals surface area contributed by atoms with Gasteiger partial charge in [0.05, 0.1) is 4.88 Å². The molecule has 180 valence electrons. The molecule has 33 heavy (non-hydrogen) atoms. The Kier molecular flexibility index (Phi) is 7.22. The summed E-state index contributed by atoms with van der Waals surface area (Å²) in [6.45, 7) is 2.62. The number of nitrogens with one attached hydrogen (secondary N) is 1. The lowest BCUT2D eigenvalue weighted by molar-refractivity contribution is -0.139. The first kappa shape index (κ1) is 25.2. The Morgan fingerprint density at radius 3 is 2.64 bits per heavy atom. The van der Waals surface area contributed by atoms with Crippen LogP contribution in [-0.2, 0) is 15.2 Å². The molecule has 1 aliphatic rings. The van der Waals surface area contributed by atoms with E-state index in [9.17, 15) is 27.0 Å². The topological polar surface area (TPSA) is 133 Å². The van der Waals surface area contributed by atoms with Crippen LogP contribution < -0.4 is 10.1 Å². The average Bonchev–Trinajstić information content (AvgIpc) is 3.01. The van der Waals surface area contributed by atoms with Gasteiger partial charge in [0, 0.05) is 23.8 Å². The summed E-state index contributed by atoms with van der Waals surface area (Å²) in [4.78, 5) is 22.6. The molecule has 0 bridgehead atoms. The van der Waals surface area contributed by atoms with Crippen LogP contribution in [0.5, 0.6) is 5.75 Å². The van der Waals surface area contributed by atoms with Crippen molar-refractivity contribution in [3.8, 4) is 16.2 Å². The molecule has 3 rings (SSSR count). The Hall–Kier alpha value is -2.41. The molecule has 0 spiro atoms. The van der Waals surface area contributed by atoms with Crippen LogP contribution in [-0.4, -0.2) is 59.6 Å². The number of anilines is 1. The zero-order valence-corrected chi connectivity index (χ0v) is 20.1. The molecule has 9 nitrogen and oxygen atoms in total. The Balaban J connectivity index is 1.84. The molecule has 1 atom stereocenters. The Bertz CT molecular complexity index is 1180. The fraction of sp³-hybridized carbons (Fsp3) is 0.400. The van der Waals surface area contributed by atoms with E-state index in [4.69, 9.17) is 21.4 Å². The second kappa shape index (κ2) is 9.45. The second-order valence-electron chi connectivity index (χ2n) is 8.13. The largest absolute Gasteiger partial charge is 0.479 e. The third-order valence-corrected chi connectivity index (χ3v) is 8.09. The summed E-state index contributed by atoms with van der Waals surface area (Å²) in [7, 11) is -4.80. The highest BCUT2D eigenvalue weighted by Crippen LogP contribution is 2.46. The molecule has 2 heterocycles. The minimum absolute atomic E-state index is 0.00149. The van der Waals surface area contributed by atoms with Gasteiger partial charge >= 0.3 is 22.3 Å². The van der Waals surface area contributed by atoms with Gasteiger partial charge in [-0.2, -0.15) is 12.7 Å². The van der Waals surface area contributed by atoms with E-state index in [2.05, 4.69) is 5.32 Å². The van der Waals surface area contributed by atoms with E-state index < -0.39 is 34.5 Å². The average molecular weight is 521 g/mol. The molecule has 1 aromatic heterocycles. The fourth-order valence-electron chi connectivity index (χ4n) is 3.88. The molecular weight excluding hydrogens is 499 g/mol. The van der Waals surface area contributed by atoms with Gasteiger partial charge in [-0.25, -0.2) is 9.59 Å². The molecule has 0 saturated carbocycles. The zero-order chi connectivity index (χ0) is 24.6. The van der Waals surface area contributed by atoms with Crippen LogP contribution in [0.3, 0.4) is 0 Å². The quantitative estimate of drug-likeness (QED) is 0.443. The first-order valence-electron chi connectivity index (χ1n) is 9.79. The number of hydrogen-bond donors (Lipinski definition) is 3. The number of carbonyl (C=O) groups is 2. The van der Waals surface area contributed by atoms with Crippen molar-refractivity contribution in [1.82, 2.24) is 4.31 Å². The molecule has 1 aromatic carbocycles. The summed E-state index contributed by atoms with van der Waals surface area (Å²) in [6.07, 6.45) is 0.767. The van der Waals surface area contributed by atoms with E-state index in [0.717, 1.165) is 15.6 Å². The second-order valence-corrected chi connectivity index (χ2v) is 10.8. The normalized spacial score (nSPS) is 18.6. The van der Waals surface area contributed by atoms with E-state index >= 15 is 0 Å². The standard InChI is InChI=1S/C20H22ClFN2O7S2/c1-20(2)9-13(6-7-24(20)33(22,29)30)23-12-5-3-4-11(8-12)17-15(21)16(31-10-14(25)26)18(32-17)19(27)28/h3-5,8,13,23H,6-7,9-10H2,1-2H3,(H,25,26)(H,27,28). The molecule has 2 aromatic rings. The molecular formula is C20H22ClFN2O7S2. The van der Waals surface area contributed by atoms with Gasteiger partial charge in [0.1, 0.15) is 5.02 Å². The number of nitrogens with zero attached hydrogens (tertiary/aromatic N) is 1. The monoisotopic (exact) mass is 520 g/mol. The van der Waals surface area contributed by atoms with Gasteiger partial charge in [-0.1, -0.05) is 27.6 Å². The van der Waals surface area contributed by atoms with Crippen LogP contribution in [0.4, 0.5) is 9.57 Å². The van der Waals surface area contributed by atoms with Crippen molar-refractivity contribution < 1.29 is 36.8 Å². The Labute approximate surface area is 199 Å². The van der Waals surface area contributed by atoms with Gasteiger partial charge in [-0.3, -0.25) is 0 Å². The summed E-state index contributed by atoms with van der Waals surface area (Å²) >= 11 is 7.21. The predicted octanol–water partition coefficient (Wildman–Crippen LogP) is 4.10. The number of piperidine rings is 1. The molecule has 1 fully saturated rings. The van der Waals surface area contributed by atoms with E-state index in [1.165, 1.54) is 0 Å². The molecule has 0 aliphatic carbocycles. The van der Waals surface area contributed by atoms with Crippen molar-refractivity contribution in [2.24, 2.45) is 0 Å². The Morgan fingerprint density at radius 1 is 1.36 bits per heavy atom. The van der Waals surface area contributed by atoms with Crippen molar-refractivity contribution in [1.29, 1.82) is 0 Å². The molecule has 0 radical (unpaired) electrons. The molecule has 1 aliphatic heterocycles. The minimum atomic E-state index is -4.80. The van der Waals surface area contributed by atoms with Gasteiger partial charge < -0.3 is 20.3 Å². The number of hydrogen-bond acceptors (Lipinski definition) is 7. The number of thiophene rings is 1. The summed E-state index contributed by atoms with van der Waals surface area (Å²) in [5.74, 6) is -2.76. The molecule has 0 amide bonds. The van der Waals surface area contributed by atoms with Gasteiger partial charge in [0.15, 0.2) is 17.2 Å². The third-order valence-electron chi connectivity index (χ3n) is 5.20. The lowest BCUT2D eigenvalue weighted by Crippen LogP contribution is -2.54. The SMILES string of the molecule is CC1(C)CC(Nc2cccc(-c3sc(C(=O)O)c(OCC(=O)O)c3Cl)c2)CCN1S(=O)(=O)F. The maximum absolute atomic E-state index is 13.6. The smallest absolute Gasteiger partial charge is 0.375 e. The molecule has 3 N–H and O–H groups in total. The van der Waals surface area contributed by atoms with Gasteiger partial charge in [0.25, 0.3) is 0 Å². The highest BCUT2D eigenvalue weighted by Gasteiger charge is 2.41. The van der Waals surface area contributed by atoms with E-state index in [1.807, 2.05) is 0 Å². The van der Waals surface area contributed by atoms with Gasteiger partial charge in [0.2, 0.25) is 0 Å². The number of ether oxygens (including phenoxy) is 1. The van der Waals surface area contributed by atoms with Crippen LogP contribution >= 0.6 is 22.9 Å². The van der Waals surface area contributed by atoms with Crippen LogP contribution in [0.25, 0.3) is 10.4 Å². The van der Waals surface area contributed by atoms with Crippen LogP contribution in [0.15, 0.2) is 24.3 Å². The maximum atomic E-state index is 13.6. The highest BCUT2D eigenvalue weighted by atomic mass is 35.5. The lowest BCUT2D eigenvalue weighted by Gasteiger charge is -2.42.